The molecule has 0 radical (unpaired) electrons. The molecule has 1 amide bonds. The largest absolute Gasteiger partial charge is 0.345 e. The molecule has 16 heavy (non-hydrogen) atoms. The summed E-state index contributed by atoms with van der Waals surface area (Å²) in [4.78, 5) is 23.6. The van der Waals surface area contributed by atoms with Crippen molar-refractivity contribution in [2.24, 2.45) is 0 Å². The molecule has 5 nitrogen and oxygen atoms in total. The smallest absolute Gasteiger partial charge is 0.271 e. The molecule has 2 aromatic rings. The predicted molar refractivity (Wildman–Crippen MR) is 60.1 cm³/mol. The lowest BCUT2D eigenvalue weighted by molar-refractivity contribution is 0.0945. The number of amides is 1. The quantitative estimate of drug-likeness (QED) is 0.865. The molecule has 0 aliphatic heterocycles. The summed E-state index contributed by atoms with van der Waals surface area (Å²) in [5.74, 6) is -0.237. The molecule has 82 valence electrons. The van der Waals surface area contributed by atoms with Gasteiger partial charge in [0.1, 0.15) is 5.69 Å². The van der Waals surface area contributed by atoms with Crippen molar-refractivity contribution in [1.82, 2.24) is 20.3 Å². The Bertz CT molecular complexity index is 483. The van der Waals surface area contributed by atoms with Gasteiger partial charge in [-0.25, -0.2) is 9.97 Å². The monoisotopic (exact) mass is 234 g/mol. The highest BCUT2D eigenvalue weighted by Crippen LogP contribution is 2.07. The molecule has 0 saturated carbocycles. The summed E-state index contributed by atoms with van der Waals surface area (Å²) in [5.41, 5.74) is 1.18. The van der Waals surface area contributed by atoms with Crippen molar-refractivity contribution in [1.29, 1.82) is 0 Å². The average Bonchev–Trinajstić information content (AvgIpc) is 2.73. The minimum Gasteiger partial charge on any atom is -0.345 e. The summed E-state index contributed by atoms with van der Waals surface area (Å²) in [5, 5.41) is 5.64. The second kappa shape index (κ2) is 4.80. The third-order valence-electron chi connectivity index (χ3n) is 1.89. The first kappa shape index (κ1) is 10.7. The van der Waals surface area contributed by atoms with Crippen LogP contribution in [0.2, 0.25) is 0 Å². The molecule has 0 aromatic carbocycles. The van der Waals surface area contributed by atoms with Crippen LogP contribution in [0.4, 0.5) is 0 Å². The fraction of sp³-hybridized carbons (Fsp3) is 0.200. The zero-order valence-corrected chi connectivity index (χ0v) is 9.49. The number of hydrogen-bond acceptors (Lipinski definition) is 5. The van der Waals surface area contributed by atoms with E-state index in [0.29, 0.717) is 12.2 Å². The van der Waals surface area contributed by atoms with E-state index in [1.807, 2.05) is 12.3 Å². The van der Waals surface area contributed by atoms with Crippen LogP contribution in [0.15, 0.2) is 24.0 Å². The van der Waals surface area contributed by atoms with Gasteiger partial charge in [0.05, 0.1) is 23.4 Å². The first-order chi connectivity index (χ1) is 7.75. The molecule has 0 aliphatic rings. The average molecular weight is 234 g/mol. The molecule has 0 fully saturated rings. The number of carbonyl (C=O) groups excluding carboxylic acids is 1. The zero-order valence-electron chi connectivity index (χ0n) is 8.67. The van der Waals surface area contributed by atoms with Gasteiger partial charge in [-0.1, -0.05) is 0 Å². The summed E-state index contributed by atoms with van der Waals surface area (Å²) in [6.45, 7) is 2.35. The van der Waals surface area contributed by atoms with E-state index in [4.69, 9.17) is 0 Å². The maximum Gasteiger partial charge on any atom is 0.271 e. The zero-order chi connectivity index (χ0) is 11.4. The summed E-state index contributed by atoms with van der Waals surface area (Å²) in [6, 6.07) is 0. The number of nitrogens with zero attached hydrogens (tertiary/aromatic N) is 3. The van der Waals surface area contributed by atoms with Gasteiger partial charge in [-0.15, -0.1) is 11.3 Å². The van der Waals surface area contributed by atoms with Crippen molar-refractivity contribution in [2.45, 2.75) is 13.5 Å². The lowest BCUT2D eigenvalue weighted by atomic mass is 10.4. The fourth-order valence-corrected chi connectivity index (χ4v) is 1.78. The van der Waals surface area contributed by atoms with Crippen molar-refractivity contribution >= 4 is 17.2 Å². The number of hydrogen-bond donors (Lipinski definition) is 1. The fourth-order valence-electron chi connectivity index (χ4n) is 1.17. The molecule has 0 atom stereocenters. The van der Waals surface area contributed by atoms with E-state index in [9.17, 15) is 4.79 Å². The Hall–Kier alpha value is -1.82. The highest BCUT2D eigenvalue weighted by molar-refractivity contribution is 7.09. The standard InChI is InChI=1S/C10H10N4OS/c1-7-14-8(6-16-7)4-13-10(15)9-5-11-2-3-12-9/h2-3,5-6H,4H2,1H3,(H,13,15). The third kappa shape index (κ3) is 2.60. The maximum absolute atomic E-state index is 11.6. The van der Waals surface area contributed by atoms with Crippen LogP contribution < -0.4 is 5.32 Å². The van der Waals surface area contributed by atoms with E-state index in [1.54, 1.807) is 11.3 Å². The van der Waals surface area contributed by atoms with Gasteiger partial charge in [0, 0.05) is 17.8 Å². The van der Waals surface area contributed by atoms with Gasteiger partial charge in [-0.3, -0.25) is 9.78 Å². The Balaban J connectivity index is 1.94. The topological polar surface area (TPSA) is 67.8 Å². The summed E-state index contributed by atoms with van der Waals surface area (Å²) >= 11 is 1.56. The molecule has 6 heteroatoms. The Morgan fingerprint density at radius 3 is 3.00 bits per heavy atom. The van der Waals surface area contributed by atoms with E-state index >= 15 is 0 Å². The molecule has 2 aromatic heterocycles. The van der Waals surface area contributed by atoms with Gasteiger partial charge in [-0.05, 0) is 6.92 Å². The Labute approximate surface area is 96.6 Å². The van der Waals surface area contributed by atoms with Gasteiger partial charge >= 0.3 is 0 Å². The van der Waals surface area contributed by atoms with Crippen LogP contribution in [0, 0.1) is 6.92 Å². The molecule has 2 rings (SSSR count). The van der Waals surface area contributed by atoms with Crippen molar-refractivity contribution in [3.8, 4) is 0 Å². The number of nitrogens with one attached hydrogen (secondary N) is 1. The lowest BCUT2D eigenvalue weighted by Gasteiger charge is -2.01. The van der Waals surface area contributed by atoms with Crippen LogP contribution in [0.3, 0.4) is 0 Å². The van der Waals surface area contributed by atoms with Crippen LogP contribution >= 0.6 is 11.3 Å². The molecule has 0 saturated heterocycles. The molecule has 2 heterocycles. The van der Waals surface area contributed by atoms with Crippen molar-refractivity contribution in [2.75, 3.05) is 0 Å². The van der Waals surface area contributed by atoms with E-state index < -0.39 is 0 Å². The van der Waals surface area contributed by atoms with Crippen LogP contribution in [-0.4, -0.2) is 20.9 Å². The second-order valence-corrected chi connectivity index (χ2v) is 4.19. The highest BCUT2D eigenvalue weighted by atomic mass is 32.1. The van der Waals surface area contributed by atoms with Crippen LogP contribution in [0.1, 0.15) is 21.2 Å². The first-order valence-corrected chi connectivity index (χ1v) is 5.59. The Morgan fingerprint density at radius 2 is 2.38 bits per heavy atom. The van der Waals surface area contributed by atoms with E-state index in [2.05, 4.69) is 20.3 Å². The molecule has 0 aliphatic carbocycles. The lowest BCUT2D eigenvalue weighted by Crippen LogP contribution is -2.24. The highest BCUT2D eigenvalue weighted by Gasteiger charge is 2.07. The number of aromatic nitrogens is 3. The van der Waals surface area contributed by atoms with Gasteiger partial charge in [0.2, 0.25) is 0 Å². The van der Waals surface area contributed by atoms with Crippen LogP contribution in [0.5, 0.6) is 0 Å². The minimum atomic E-state index is -0.237. The minimum absolute atomic E-state index is 0.237. The SMILES string of the molecule is Cc1nc(CNC(=O)c2cnccn2)cs1. The van der Waals surface area contributed by atoms with Gasteiger partial charge in [0.25, 0.3) is 5.91 Å². The Morgan fingerprint density at radius 1 is 1.50 bits per heavy atom. The maximum atomic E-state index is 11.6. The number of carbonyl (C=O) groups is 1. The van der Waals surface area contributed by atoms with Crippen molar-refractivity contribution < 1.29 is 4.79 Å². The van der Waals surface area contributed by atoms with Gasteiger partial charge in [0.15, 0.2) is 0 Å². The number of thiazole rings is 1. The molecule has 0 spiro atoms. The number of rotatable bonds is 3. The van der Waals surface area contributed by atoms with E-state index in [0.717, 1.165) is 10.7 Å². The third-order valence-corrected chi connectivity index (χ3v) is 2.71. The molecular formula is C10H10N4OS. The second-order valence-electron chi connectivity index (χ2n) is 3.13. The Kier molecular flexibility index (Phi) is 3.21. The van der Waals surface area contributed by atoms with Crippen LogP contribution in [0.25, 0.3) is 0 Å². The van der Waals surface area contributed by atoms with Gasteiger partial charge < -0.3 is 5.32 Å². The molecule has 0 bridgehead atoms. The van der Waals surface area contributed by atoms with Gasteiger partial charge in [-0.2, -0.15) is 0 Å². The summed E-state index contributed by atoms with van der Waals surface area (Å²) in [7, 11) is 0. The molecular weight excluding hydrogens is 224 g/mol. The normalized spacial score (nSPS) is 10.1. The summed E-state index contributed by atoms with van der Waals surface area (Å²) < 4.78 is 0. The molecule has 0 unspecified atom stereocenters. The van der Waals surface area contributed by atoms with Crippen LogP contribution in [-0.2, 0) is 6.54 Å². The van der Waals surface area contributed by atoms with E-state index in [-0.39, 0.29) is 5.91 Å². The first-order valence-electron chi connectivity index (χ1n) is 4.71. The predicted octanol–water partition coefficient (Wildman–Crippen LogP) is 1.17. The van der Waals surface area contributed by atoms with Crippen molar-refractivity contribution in [3.05, 3.63) is 40.4 Å². The number of aryl methyl sites for hydroxylation is 1. The van der Waals surface area contributed by atoms with E-state index in [1.165, 1.54) is 18.6 Å². The molecule has 1 N–H and O–H groups in total. The summed E-state index contributed by atoms with van der Waals surface area (Å²) in [6.07, 6.45) is 4.45. The van der Waals surface area contributed by atoms with Crippen molar-refractivity contribution in [3.63, 3.8) is 0 Å².